The second-order valence-corrected chi connectivity index (χ2v) is 6.47. The molecule has 0 aromatic rings. The summed E-state index contributed by atoms with van der Waals surface area (Å²) in [5.41, 5.74) is -0.408. The molecule has 0 radical (unpaired) electrons. The summed E-state index contributed by atoms with van der Waals surface area (Å²) in [6.07, 6.45) is 13.5. The van der Waals surface area contributed by atoms with Crippen LogP contribution in [0, 0.1) is 11.3 Å². The smallest absolute Gasteiger partial charge is 0.309 e. The minimum atomic E-state index is -0.524. The quantitative estimate of drug-likeness (QED) is 0.670. The summed E-state index contributed by atoms with van der Waals surface area (Å²) >= 11 is 0. The number of hydrogen-bond donors (Lipinski definition) is 1. The van der Waals surface area contributed by atoms with E-state index in [4.69, 9.17) is 0 Å². The van der Waals surface area contributed by atoms with E-state index in [1.807, 2.05) is 0 Å². The van der Waals surface area contributed by atoms with Crippen molar-refractivity contribution < 1.29 is 9.90 Å². The second-order valence-electron chi connectivity index (χ2n) is 6.47. The van der Waals surface area contributed by atoms with Gasteiger partial charge in [-0.1, -0.05) is 71.6 Å². The number of rotatable bonds is 7. The van der Waals surface area contributed by atoms with E-state index in [1.165, 1.54) is 38.5 Å². The summed E-state index contributed by atoms with van der Waals surface area (Å²) in [6, 6.07) is 0. The van der Waals surface area contributed by atoms with Crippen LogP contribution in [-0.2, 0) is 4.79 Å². The molecular formula is C17H32O2. The topological polar surface area (TPSA) is 37.3 Å². The molecular weight excluding hydrogens is 236 g/mol. The Morgan fingerprint density at radius 1 is 1.11 bits per heavy atom. The van der Waals surface area contributed by atoms with E-state index >= 15 is 0 Å². The van der Waals surface area contributed by atoms with Crippen molar-refractivity contribution in [3.63, 3.8) is 0 Å². The van der Waals surface area contributed by atoms with Crippen molar-refractivity contribution in [1.29, 1.82) is 0 Å². The Bertz CT molecular complexity index is 252. The summed E-state index contributed by atoms with van der Waals surface area (Å²) in [5.74, 6) is 0.0832. The average molecular weight is 268 g/mol. The van der Waals surface area contributed by atoms with Crippen LogP contribution in [-0.4, -0.2) is 11.1 Å². The minimum Gasteiger partial charge on any atom is -0.481 e. The van der Waals surface area contributed by atoms with Crippen molar-refractivity contribution in [2.24, 2.45) is 11.3 Å². The molecule has 2 nitrogen and oxygen atoms in total. The number of hydrogen-bond acceptors (Lipinski definition) is 1. The molecule has 0 aromatic heterocycles. The maximum Gasteiger partial charge on any atom is 0.309 e. The maximum atomic E-state index is 11.9. The summed E-state index contributed by atoms with van der Waals surface area (Å²) < 4.78 is 0. The van der Waals surface area contributed by atoms with E-state index in [1.54, 1.807) is 0 Å². The van der Waals surface area contributed by atoms with Gasteiger partial charge in [0.05, 0.1) is 5.41 Å². The van der Waals surface area contributed by atoms with Crippen molar-refractivity contribution in [2.45, 2.75) is 90.9 Å². The van der Waals surface area contributed by atoms with Crippen LogP contribution >= 0.6 is 0 Å². The molecule has 1 atom stereocenters. The molecule has 0 amide bonds. The molecule has 19 heavy (non-hydrogen) atoms. The van der Waals surface area contributed by atoms with Crippen molar-refractivity contribution in [3.05, 3.63) is 0 Å². The Hall–Kier alpha value is -0.530. The molecule has 1 rings (SSSR count). The van der Waals surface area contributed by atoms with Gasteiger partial charge in [0.2, 0.25) is 0 Å². The molecule has 0 heterocycles. The van der Waals surface area contributed by atoms with Gasteiger partial charge in [-0.25, -0.2) is 0 Å². The highest BCUT2D eigenvalue weighted by Gasteiger charge is 2.39. The van der Waals surface area contributed by atoms with Crippen molar-refractivity contribution >= 4 is 5.97 Å². The van der Waals surface area contributed by atoms with Gasteiger partial charge in [0, 0.05) is 0 Å². The van der Waals surface area contributed by atoms with Gasteiger partial charge < -0.3 is 5.11 Å². The molecule has 0 aliphatic heterocycles. The van der Waals surface area contributed by atoms with E-state index in [0.29, 0.717) is 5.92 Å². The van der Waals surface area contributed by atoms with Gasteiger partial charge >= 0.3 is 5.97 Å². The van der Waals surface area contributed by atoms with E-state index < -0.39 is 11.4 Å². The van der Waals surface area contributed by atoms with Crippen LogP contribution in [0.25, 0.3) is 0 Å². The number of unbranched alkanes of at least 4 members (excludes halogenated alkanes) is 1. The Morgan fingerprint density at radius 2 is 1.68 bits per heavy atom. The van der Waals surface area contributed by atoms with Gasteiger partial charge in [0.15, 0.2) is 0 Å². The number of carbonyl (C=O) groups is 1. The number of aliphatic carboxylic acids is 1. The van der Waals surface area contributed by atoms with E-state index in [2.05, 4.69) is 13.8 Å². The van der Waals surface area contributed by atoms with Crippen LogP contribution in [0.15, 0.2) is 0 Å². The van der Waals surface area contributed by atoms with Gasteiger partial charge in [0.1, 0.15) is 0 Å². The van der Waals surface area contributed by atoms with Crippen LogP contribution in [0.5, 0.6) is 0 Å². The zero-order valence-corrected chi connectivity index (χ0v) is 12.9. The fraction of sp³-hybridized carbons (Fsp3) is 0.941. The number of carboxylic acid groups (broad SMARTS) is 1. The lowest BCUT2D eigenvalue weighted by molar-refractivity contribution is -0.151. The molecule has 0 saturated heterocycles. The van der Waals surface area contributed by atoms with Gasteiger partial charge in [-0.3, -0.25) is 4.79 Å². The molecule has 2 heteroatoms. The van der Waals surface area contributed by atoms with E-state index in [-0.39, 0.29) is 0 Å². The summed E-state index contributed by atoms with van der Waals surface area (Å²) in [5, 5.41) is 9.78. The molecule has 1 aliphatic rings. The summed E-state index contributed by atoms with van der Waals surface area (Å²) in [7, 11) is 0. The van der Waals surface area contributed by atoms with Gasteiger partial charge in [-0.15, -0.1) is 0 Å². The third kappa shape index (κ3) is 5.16. The van der Waals surface area contributed by atoms with E-state index in [9.17, 15) is 9.90 Å². The fourth-order valence-electron chi connectivity index (χ4n) is 3.58. The first-order valence-electron chi connectivity index (χ1n) is 8.38. The Labute approximate surface area is 119 Å². The molecule has 1 unspecified atom stereocenters. The molecule has 0 spiro atoms. The Morgan fingerprint density at radius 3 is 2.16 bits per heavy atom. The predicted octanol–water partition coefficient (Wildman–Crippen LogP) is 5.41. The highest BCUT2D eigenvalue weighted by Crippen LogP contribution is 2.41. The lowest BCUT2D eigenvalue weighted by Crippen LogP contribution is -2.34. The van der Waals surface area contributed by atoms with Crippen molar-refractivity contribution in [3.8, 4) is 0 Å². The van der Waals surface area contributed by atoms with E-state index in [0.717, 1.165) is 38.5 Å². The molecule has 1 saturated carbocycles. The normalized spacial score (nSPS) is 21.4. The molecule has 1 fully saturated rings. The molecule has 0 aromatic carbocycles. The first-order valence-corrected chi connectivity index (χ1v) is 8.38. The van der Waals surface area contributed by atoms with Crippen LogP contribution in [0.4, 0.5) is 0 Å². The molecule has 0 bridgehead atoms. The van der Waals surface area contributed by atoms with Crippen LogP contribution < -0.4 is 0 Å². The summed E-state index contributed by atoms with van der Waals surface area (Å²) in [6.45, 7) is 4.44. The zero-order valence-electron chi connectivity index (χ0n) is 12.9. The molecule has 112 valence electrons. The Kier molecular flexibility index (Phi) is 7.48. The number of carboxylic acids is 1. The minimum absolute atomic E-state index is 0.408. The fourth-order valence-corrected chi connectivity index (χ4v) is 3.58. The second kappa shape index (κ2) is 8.60. The highest BCUT2D eigenvalue weighted by atomic mass is 16.4. The standard InChI is InChI=1S/C17H32O2/c1-3-5-11-15(4-2)14-17(16(18)19)12-9-7-6-8-10-13-17/h15H,3-14H2,1-2H3,(H,18,19). The van der Waals surface area contributed by atoms with Crippen molar-refractivity contribution in [1.82, 2.24) is 0 Å². The van der Waals surface area contributed by atoms with Crippen molar-refractivity contribution in [2.75, 3.05) is 0 Å². The highest BCUT2D eigenvalue weighted by molar-refractivity contribution is 5.74. The van der Waals surface area contributed by atoms with Gasteiger partial charge in [-0.2, -0.15) is 0 Å². The van der Waals surface area contributed by atoms with Gasteiger partial charge in [-0.05, 0) is 25.2 Å². The SMILES string of the molecule is CCCCC(CC)CC1(C(=O)O)CCCCCCC1. The van der Waals surface area contributed by atoms with Gasteiger partial charge in [0.25, 0.3) is 0 Å². The lowest BCUT2D eigenvalue weighted by Gasteiger charge is -2.34. The average Bonchev–Trinajstić information content (AvgIpc) is 2.36. The third-order valence-electron chi connectivity index (χ3n) is 4.99. The third-order valence-corrected chi connectivity index (χ3v) is 4.99. The predicted molar refractivity (Wildman–Crippen MR) is 80.3 cm³/mol. The monoisotopic (exact) mass is 268 g/mol. The first-order chi connectivity index (χ1) is 9.14. The Balaban J connectivity index is 2.69. The maximum absolute atomic E-state index is 11.9. The van der Waals surface area contributed by atoms with Crippen LogP contribution in [0.2, 0.25) is 0 Å². The molecule has 1 aliphatic carbocycles. The van der Waals surface area contributed by atoms with Crippen LogP contribution in [0.3, 0.4) is 0 Å². The largest absolute Gasteiger partial charge is 0.481 e. The first kappa shape index (κ1) is 16.5. The lowest BCUT2D eigenvalue weighted by atomic mass is 9.69. The molecule has 1 N–H and O–H groups in total. The van der Waals surface area contributed by atoms with Crippen LogP contribution in [0.1, 0.15) is 90.9 Å². The summed E-state index contributed by atoms with van der Waals surface area (Å²) in [4.78, 5) is 11.9. The zero-order chi connectivity index (χ0) is 14.1.